The molecule has 0 saturated heterocycles. The lowest BCUT2D eigenvalue weighted by atomic mass is 10.2. The van der Waals surface area contributed by atoms with Gasteiger partial charge in [0, 0.05) is 12.5 Å². The van der Waals surface area contributed by atoms with Gasteiger partial charge in [-0.15, -0.1) is 0 Å². The molecular weight excluding hydrogens is 288 g/mol. The summed E-state index contributed by atoms with van der Waals surface area (Å²) in [4.78, 5) is 11.6. The number of hydrogen-bond donors (Lipinski definition) is 1. The highest BCUT2D eigenvalue weighted by atomic mass is 35.5. The van der Waals surface area contributed by atoms with Gasteiger partial charge in [-0.2, -0.15) is 0 Å². The summed E-state index contributed by atoms with van der Waals surface area (Å²) in [6.07, 6.45) is 3.58. The molecule has 4 heteroatoms. The first kappa shape index (κ1) is 15.1. The van der Waals surface area contributed by atoms with Crippen molar-refractivity contribution in [2.24, 2.45) is 0 Å². The highest BCUT2D eigenvalue weighted by Gasteiger charge is 2.00. The molecule has 0 fully saturated rings. The zero-order chi connectivity index (χ0) is 15.1. The monoisotopic (exact) mass is 302 g/mol. The van der Waals surface area contributed by atoms with Gasteiger partial charge in [-0.05, 0) is 29.3 Å². The van der Waals surface area contributed by atoms with E-state index in [2.05, 4.69) is 0 Å². The number of phenols is 1. The topological polar surface area (TPSA) is 46.5 Å². The first-order valence-electron chi connectivity index (χ1n) is 6.52. The lowest BCUT2D eigenvalue weighted by Gasteiger charge is -2.02. The van der Waals surface area contributed by atoms with Crippen LogP contribution in [0.1, 0.15) is 11.1 Å². The van der Waals surface area contributed by atoms with Crippen molar-refractivity contribution in [3.63, 3.8) is 0 Å². The Morgan fingerprint density at radius 2 is 1.95 bits per heavy atom. The van der Waals surface area contributed by atoms with Gasteiger partial charge in [-0.3, -0.25) is 0 Å². The van der Waals surface area contributed by atoms with Crippen LogP contribution in [0.4, 0.5) is 0 Å². The zero-order valence-corrected chi connectivity index (χ0v) is 12.1. The average molecular weight is 303 g/mol. The molecule has 0 unspecified atom stereocenters. The first-order valence-corrected chi connectivity index (χ1v) is 6.90. The maximum Gasteiger partial charge on any atom is 0.330 e. The minimum Gasteiger partial charge on any atom is -0.506 e. The SMILES string of the molecule is O=C(/C=C/c1ccc(Cl)c(O)c1)OCCc1ccccc1. The summed E-state index contributed by atoms with van der Waals surface area (Å²) in [6, 6.07) is 14.6. The minimum atomic E-state index is -0.416. The number of halogens is 1. The molecule has 0 spiro atoms. The van der Waals surface area contributed by atoms with Crippen LogP contribution in [0.5, 0.6) is 5.75 Å². The van der Waals surface area contributed by atoms with Crippen LogP contribution in [-0.4, -0.2) is 17.7 Å². The molecule has 0 aromatic heterocycles. The molecule has 0 atom stereocenters. The zero-order valence-electron chi connectivity index (χ0n) is 11.3. The molecule has 0 amide bonds. The van der Waals surface area contributed by atoms with E-state index in [1.807, 2.05) is 30.3 Å². The second-order valence-corrected chi connectivity index (χ2v) is 4.85. The second-order valence-electron chi connectivity index (χ2n) is 4.45. The smallest absolute Gasteiger partial charge is 0.330 e. The van der Waals surface area contributed by atoms with Crippen molar-refractivity contribution in [2.75, 3.05) is 6.61 Å². The van der Waals surface area contributed by atoms with Crippen molar-refractivity contribution in [2.45, 2.75) is 6.42 Å². The number of aromatic hydroxyl groups is 1. The van der Waals surface area contributed by atoms with Gasteiger partial charge in [-0.25, -0.2) is 4.79 Å². The van der Waals surface area contributed by atoms with Crippen molar-refractivity contribution in [3.8, 4) is 5.75 Å². The van der Waals surface area contributed by atoms with Gasteiger partial charge in [0.05, 0.1) is 11.6 Å². The third-order valence-electron chi connectivity index (χ3n) is 2.86. The molecule has 0 aliphatic heterocycles. The molecule has 2 rings (SSSR count). The van der Waals surface area contributed by atoms with Gasteiger partial charge in [0.1, 0.15) is 5.75 Å². The van der Waals surface area contributed by atoms with Gasteiger partial charge in [0.15, 0.2) is 0 Å². The summed E-state index contributed by atoms with van der Waals surface area (Å²) < 4.78 is 5.11. The molecule has 2 aromatic rings. The Morgan fingerprint density at radius 3 is 2.67 bits per heavy atom. The molecule has 0 bridgehead atoms. The number of esters is 1. The molecule has 0 radical (unpaired) electrons. The summed E-state index contributed by atoms with van der Waals surface area (Å²) in [5.74, 6) is -0.434. The molecule has 2 aromatic carbocycles. The molecule has 3 nitrogen and oxygen atoms in total. The largest absolute Gasteiger partial charge is 0.506 e. The third-order valence-corrected chi connectivity index (χ3v) is 3.18. The fourth-order valence-electron chi connectivity index (χ4n) is 1.76. The van der Waals surface area contributed by atoms with Crippen molar-refractivity contribution >= 4 is 23.6 Å². The Balaban J connectivity index is 1.81. The normalized spacial score (nSPS) is 10.7. The van der Waals surface area contributed by atoms with E-state index in [1.165, 1.54) is 12.1 Å². The van der Waals surface area contributed by atoms with Gasteiger partial charge >= 0.3 is 5.97 Å². The quantitative estimate of drug-likeness (QED) is 0.674. The van der Waals surface area contributed by atoms with Gasteiger partial charge in [-0.1, -0.05) is 48.0 Å². The first-order chi connectivity index (χ1) is 10.1. The Morgan fingerprint density at radius 1 is 1.19 bits per heavy atom. The van der Waals surface area contributed by atoms with Gasteiger partial charge in [0.2, 0.25) is 0 Å². The average Bonchev–Trinajstić information content (AvgIpc) is 2.49. The molecule has 0 heterocycles. The van der Waals surface area contributed by atoms with E-state index in [0.717, 1.165) is 5.56 Å². The summed E-state index contributed by atoms with van der Waals surface area (Å²) in [5, 5.41) is 9.73. The molecule has 108 valence electrons. The molecule has 0 aliphatic rings. The van der Waals surface area contributed by atoms with Crippen LogP contribution < -0.4 is 0 Å². The number of benzene rings is 2. The lowest BCUT2D eigenvalue weighted by Crippen LogP contribution is -2.04. The van der Waals surface area contributed by atoms with Crippen LogP contribution >= 0.6 is 11.6 Å². The number of carbonyl (C=O) groups excluding carboxylic acids is 1. The number of ether oxygens (including phenoxy) is 1. The van der Waals surface area contributed by atoms with E-state index in [1.54, 1.807) is 18.2 Å². The standard InChI is InChI=1S/C17H15ClO3/c18-15-8-6-14(12-16(15)19)7-9-17(20)21-11-10-13-4-2-1-3-5-13/h1-9,12,19H,10-11H2/b9-7+. The Labute approximate surface area is 128 Å². The van der Waals surface area contributed by atoms with E-state index in [-0.39, 0.29) is 10.8 Å². The fraction of sp³-hybridized carbons (Fsp3) is 0.118. The summed E-state index contributed by atoms with van der Waals surface area (Å²) >= 11 is 5.70. The van der Waals surface area contributed by atoms with Crippen molar-refractivity contribution < 1.29 is 14.6 Å². The van der Waals surface area contributed by atoms with Crippen LogP contribution in [0.25, 0.3) is 6.08 Å². The number of phenolic OH excluding ortho intramolecular Hbond substituents is 1. The Hall–Kier alpha value is -2.26. The number of carbonyl (C=O) groups is 1. The van der Waals surface area contributed by atoms with E-state index in [9.17, 15) is 9.90 Å². The molecular formula is C17H15ClO3. The van der Waals surface area contributed by atoms with Crippen molar-refractivity contribution in [1.29, 1.82) is 0 Å². The van der Waals surface area contributed by atoms with Crippen molar-refractivity contribution in [1.82, 2.24) is 0 Å². The van der Waals surface area contributed by atoms with E-state index in [4.69, 9.17) is 16.3 Å². The second kappa shape index (κ2) is 7.50. The van der Waals surface area contributed by atoms with Gasteiger partial charge < -0.3 is 9.84 Å². The van der Waals surface area contributed by atoms with Crippen LogP contribution in [0.3, 0.4) is 0 Å². The highest BCUT2D eigenvalue weighted by molar-refractivity contribution is 6.32. The van der Waals surface area contributed by atoms with Crippen LogP contribution in [0, 0.1) is 0 Å². The van der Waals surface area contributed by atoms with Crippen molar-refractivity contribution in [3.05, 3.63) is 70.8 Å². The molecule has 21 heavy (non-hydrogen) atoms. The maximum absolute atomic E-state index is 11.6. The maximum atomic E-state index is 11.6. The highest BCUT2D eigenvalue weighted by Crippen LogP contribution is 2.24. The van der Waals surface area contributed by atoms with Crippen LogP contribution in [0.2, 0.25) is 5.02 Å². The Kier molecular flexibility index (Phi) is 5.41. The molecule has 0 aliphatic carbocycles. The molecule has 1 N–H and O–H groups in total. The predicted molar refractivity (Wildman–Crippen MR) is 83.3 cm³/mol. The Bertz CT molecular complexity index is 636. The van der Waals surface area contributed by atoms with Crippen LogP contribution in [0.15, 0.2) is 54.6 Å². The fourth-order valence-corrected chi connectivity index (χ4v) is 1.88. The van der Waals surface area contributed by atoms with E-state index in [0.29, 0.717) is 18.6 Å². The number of hydrogen-bond acceptors (Lipinski definition) is 3. The number of rotatable bonds is 5. The molecule has 0 saturated carbocycles. The van der Waals surface area contributed by atoms with Crippen LogP contribution in [-0.2, 0) is 16.0 Å². The predicted octanol–water partition coefficient (Wildman–Crippen LogP) is 3.84. The minimum absolute atomic E-state index is 0.0174. The summed E-state index contributed by atoms with van der Waals surface area (Å²) in [6.45, 7) is 0.332. The lowest BCUT2D eigenvalue weighted by molar-refractivity contribution is -0.137. The summed E-state index contributed by atoms with van der Waals surface area (Å²) in [5.41, 5.74) is 1.80. The summed E-state index contributed by atoms with van der Waals surface area (Å²) in [7, 11) is 0. The van der Waals surface area contributed by atoms with E-state index >= 15 is 0 Å². The third kappa shape index (κ3) is 4.97. The van der Waals surface area contributed by atoms with Gasteiger partial charge in [0.25, 0.3) is 0 Å². The van der Waals surface area contributed by atoms with E-state index < -0.39 is 5.97 Å².